The number of piperidine rings is 1. The lowest BCUT2D eigenvalue weighted by Crippen LogP contribution is -2.56. The van der Waals surface area contributed by atoms with Crippen molar-refractivity contribution >= 4 is 11.9 Å². The van der Waals surface area contributed by atoms with E-state index in [0.29, 0.717) is 19.4 Å². The first-order valence-corrected chi connectivity index (χ1v) is 5.83. The van der Waals surface area contributed by atoms with E-state index >= 15 is 0 Å². The van der Waals surface area contributed by atoms with Crippen LogP contribution in [0.4, 0.5) is 0 Å². The van der Waals surface area contributed by atoms with Crippen LogP contribution in [0.15, 0.2) is 0 Å². The molecular weight excluding hydrogens is 208 g/mol. The van der Waals surface area contributed by atoms with Gasteiger partial charge in [0.15, 0.2) is 0 Å². The van der Waals surface area contributed by atoms with E-state index in [-0.39, 0.29) is 23.8 Å². The summed E-state index contributed by atoms with van der Waals surface area (Å²) in [5, 5.41) is 12.0. The predicted octanol–water partition coefficient (Wildman–Crippen LogP) is -0.0825. The summed E-state index contributed by atoms with van der Waals surface area (Å²) in [6, 6.07) is 0.0583. The second-order valence-electron chi connectivity index (χ2n) is 4.80. The smallest absolute Gasteiger partial charge is 0.306 e. The van der Waals surface area contributed by atoms with Gasteiger partial charge in [-0.05, 0) is 19.8 Å². The number of carboxylic acid groups (broad SMARTS) is 1. The highest BCUT2D eigenvalue weighted by Gasteiger charge is 2.36. The standard InChI is InChI=1S/C11H18N2O3/c1-7-4-8(11(15)16)2-3-13(7)10(14)9-5-12-6-9/h7-9,12H,2-6H2,1H3,(H,15,16). The lowest BCUT2D eigenvalue weighted by Gasteiger charge is -2.40. The molecule has 1 amide bonds. The van der Waals surface area contributed by atoms with E-state index in [2.05, 4.69) is 5.32 Å². The second-order valence-corrected chi connectivity index (χ2v) is 4.80. The first-order valence-electron chi connectivity index (χ1n) is 5.83. The molecule has 2 N–H and O–H groups in total. The van der Waals surface area contributed by atoms with Crippen LogP contribution in [0.5, 0.6) is 0 Å². The fourth-order valence-corrected chi connectivity index (χ4v) is 2.42. The van der Waals surface area contributed by atoms with Crippen LogP contribution in [0.3, 0.4) is 0 Å². The Hall–Kier alpha value is -1.10. The summed E-state index contributed by atoms with van der Waals surface area (Å²) < 4.78 is 0. The van der Waals surface area contributed by atoms with E-state index in [0.717, 1.165) is 13.1 Å². The van der Waals surface area contributed by atoms with Gasteiger partial charge in [-0.25, -0.2) is 0 Å². The Kier molecular flexibility index (Phi) is 3.14. The number of aliphatic carboxylic acids is 1. The number of nitrogens with zero attached hydrogens (tertiary/aromatic N) is 1. The van der Waals surface area contributed by atoms with Gasteiger partial charge < -0.3 is 15.3 Å². The molecule has 5 nitrogen and oxygen atoms in total. The maximum absolute atomic E-state index is 12.0. The van der Waals surface area contributed by atoms with Gasteiger partial charge in [-0.3, -0.25) is 9.59 Å². The van der Waals surface area contributed by atoms with Crippen molar-refractivity contribution in [1.29, 1.82) is 0 Å². The van der Waals surface area contributed by atoms with Gasteiger partial charge in [0, 0.05) is 25.7 Å². The van der Waals surface area contributed by atoms with Crippen molar-refractivity contribution < 1.29 is 14.7 Å². The van der Waals surface area contributed by atoms with Crippen molar-refractivity contribution in [3.8, 4) is 0 Å². The number of carboxylic acids is 1. The minimum atomic E-state index is -0.732. The lowest BCUT2D eigenvalue weighted by atomic mass is 9.90. The van der Waals surface area contributed by atoms with Crippen LogP contribution < -0.4 is 5.32 Å². The molecule has 2 aliphatic rings. The summed E-state index contributed by atoms with van der Waals surface area (Å²) in [4.78, 5) is 24.7. The molecule has 16 heavy (non-hydrogen) atoms. The van der Waals surface area contributed by atoms with E-state index in [1.165, 1.54) is 0 Å². The van der Waals surface area contributed by atoms with Crippen LogP contribution in [0, 0.1) is 11.8 Å². The summed E-state index contributed by atoms with van der Waals surface area (Å²) in [5.74, 6) is -0.707. The SMILES string of the molecule is CC1CC(C(=O)O)CCN1C(=O)C1CNC1. The van der Waals surface area contributed by atoms with Gasteiger partial charge in [0.1, 0.15) is 0 Å². The molecule has 2 aliphatic heterocycles. The van der Waals surface area contributed by atoms with E-state index in [1.54, 1.807) is 0 Å². The first-order chi connectivity index (χ1) is 7.59. The third-order valence-corrected chi connectivity index (χ3v) is 3.64. The van der Waals surface area contributed by atoms with Crippen LogP contribution in [0.1, 0.15) is 19.8 Å². The molecule has 2 atom stereocenters. The van der Waals surface area contributed by atoms with Gasteiger partial charge in [0.2, 0.25) is 5.91 Å². The molecule has 0 aromatic rings. The topological polar surface area (TPSA) is 69.6 Å². The normalized spacial score (nSPS) is 30.9. The Balaban J connectivity index is 1.93. The molecule has 0 bridgehead atoms. The number of nitrogens with one attached hydrogen (secondary N) is 1. The zero-order valence-corrected chi connectivity index (χ0v) is 9.48. The highest BCUT2D eigenvalue weighted by Crippen LogP contribution is 2.25. The van der Waals surface area contributed by atoms with Crippen molar-refractivity contribution in [1.82, 2.24) is 10.2 Å². The minimum absolute atomic E-state index is 0.0583. The van der Waals surface area contributed by atoms with Crippen LogP contribution >= 0.6 is 0 Å². The van der Waals surface area contributed by atoms with Gasteiger partial charge in [0.25, 0.3) is 0 Å². The maximum Gasteiger partial charge on any atom is 0.306 e. The number of hydrogen-bond acceptors (Lipinski definition) is 3. The predicted molar refractivity (Wildman–Crippen MR) is 57.9 cm³/mol. The Bertz CT molecular complexity index is 302. The first kappa shape index (κ1) is 11.4. The fraction of sp³-hybridized carbons (Fsp3) is 0.818. The number of carbonyl (C=O) groups excluding carboxylic acids is 1. The monoisotopic (exact) mass is 226 g/mol. The molecule has 2 rings (SSSR count). The minimum Gasteiger partial charge on any atom is -0.481 e. The molecule has 5 heteroatoms. The number of rotatable bonds is 2. The molecular formula is C11H18N2O3. The molecule has 2 heterocycles. The van der Waals surface area contributed by atoms with Crippen molar-refractivity contribution in [2.45, 2.75) is 25.8 Å². The van der Waals surface area contributed by atoms with Crippen LogP contribution in [-0.2, 0) is 9.59 Å². The van der Waals surface area contributed by atoms with Crippen molar-refractivity contribution in [2.24, 2.45) is 11.8 Å². The number of hydrogen-bond donors (Lipinski definition) is 2. The largest absolute Gasteiger partial charge is 0.481 e. The molecule has 0 aromatic heterocycles. The summed E-state index contributed by atoms with van der Waals surface area (Å²) in [7, 11) is 0. The molecule has 0 aromatic carbocycles. The van der Waals surface area contributed by atoms with Crippen molar-refractivity contribution in [3.05, 3.63) is 0 Å². The summed E-state index contributed by atoms with van der Waals surface area (Å²) in [5.41, 5.74) is 0. The van der Waals surface area contributed by atoms with Gasteiger partial charge >= 0.3 is 5.97 Å². The number of likely N-dealkylation sites (tertiary alicyclic amines) is 1. The van der Waals surface area contributed by atoms with E-state index < -0.39 is 5.97 Å². The zero-order valence-electron chi connectivity index (χ0n) is 9.48. The van der Waals surface area contributed by atoms with E-state index in [9.17, 15) is 9.59 Å². The van der Waals surface area contributed by atoms with Gasteiger partial charge in [-0.1, -0.05) is 0 Å². The van der Waals surface area contributed by atoms with Crippen molar-refractivity contribution in [2.75, 3.05) is 19.6 Å². The second kappa shape index (κ2) is 4.41. The van der Waals surface area contributed by atoms with Crippen LogP contribution in [0.25, 0.3) is 0 Å². The third kappa shape index (κ3) is 2.04. The highest BCUT2D eigenvalue weighted by atomic mass is 16.4. The van der Waals surface area contributed by atoms with Gasteiger partial charge in [-0.2, -0.15) is 0 Å². The van der Waals surface area contributed by atoms with E-state index in [4.69, 9.17) is 5.11 Å². The number of carbonyl (C=O) groups is 2. The molecule has 2 unspecified atom stereocenters. The Morgan fingerprint density at radius 2 is 2.00 bits per heavy atom. The quantitative estimate of drug-likeness (QED) is 0.691. The fourth-order valence-electron chi connectivity index (χ4n) is 2.42. The molecule has 0 radical (unpaired) electrons. The average molecular weight is 226 g/mol. The molecule has 2 saturated heterocycles. The molecule has 0 aliphatic carbocycles. The lowest BCUT2D eigenvalue weighted by molar-refractivity contribution is -0.149. The molecule has 0 saturated carbocycles. The summed E-state index contributed by atoms with van der Waals surface area (Å²) in [6.45, 7) is 4.07. The summed E-state index contributed by atoms with van der Waals surface area (Å²) in [6.07, 6.45) is 1.17. The van der Waals surface area contributed by atoms with Crippen LogP contribution in [0.2, 0.25) is 0 Å². The zero-order chi connectivity index (χ0) is 11.7. The third-order valence-electron chi connectivity index (χ3n) is 3.64. The number of amides is 1. The maximum atomic E-state index is 12.0. The average Bonchev–Trinajstić information content (AvgIpc) is 2.14. The molecule has 2 fully saturated rings. The Morgan fingerprint density at radius 1 is 1.31 bits per heavy atom. The Labute approximate surface area is 94.8 Å². The summed E-state index contributed by atoms with van der Waals surface area (Å²) >= 11 is 0. The Morgan fingerprint density at radius 3 is 2.44 bits per heavy atom. The van der Waals surface area contributed by atoms with Crippen LogP contribution in [-0.4, -0.2) is 47.6 Å². The van der Waals surface area contributed by atoms with Gasteiger partial charge in [-0.15, -0.1) is 0 Å². The van der Waals surface area contributed by atoms with Gasteiger partial charge in [0.05, 0.1) is 11.8 Å². The highest BCUT2D eigenvalue weighted by molar-refractivity contribution is 5.81. The van der Waals surface area contributed by atoms with Crippen molar-refractivity contribution in [3.63, 3.8) is 0 Å². The molecule has 90 valence electrons. The molecule has 0 spiro atoms. The van der Waals surface area contributed by atoms with E-state index in [1.807, 2.05) is 11.8 Å².